The Kier molecular flexibility index (Phi) is 7.03. The SMILES string of the molecule is C=CC[C@H]1CCC[C@@](C=C)(O[Si](C(C)C)(C(C)C)C(C)C)C1=O. The lowest BCUT2D eigenvalue weighted by Crippen LogP contribution is -2.58. The van der Waals surface area contributed by atoms with Gasteiger partial charge in [0, 0.05) is 5.92 Å². The fourth-order valence-corrected chi connectivity index (χ4v) is 10.3. The monoisotopic (exact) mass is 336 g/mol. The summed E-state index contributed by atoms with van der Waals surface area (Å²) >= 11 is 0. The number of ketones is 1. The Labute approximate surface area is 144 Å². The second kappa shape index (κ2) is 7.93. The van der Waals surface area contributed by atoms with E-state index < -0.39 is 13.9 Å². The molecule has 1 aliphatic carbocycles. The highest BCUT2D eigenvalue weighted by molar-refractivity contribution is 6.78. The topological polar surface area (TPSA) is 26.3 Å². The van der Waals surface area contributed by atoms with Crippen molar-refractivity contribution in [1.29, 1.82) is 0 Å². The molecule has 0 aromatic carbocycles. The normalized spacial score (nSPS) is 26.1. The molecule has 0 aromatic heterocycles. The third kappa shape index (κ3) is 3.71. The number of hydrogen-bond acceptors (Lipinski definition) is 2. The molecule has 0 N–H and O–H groups in total. The smallest absolute Gasteiger partial charge is 0.202 e. The molecular weight excluding hydrogens is 300 g/mol. The zero-order valence-corrected chi connectivity index (χ0v) is 17.0. The predicted octanol–water partition coefficient (Wildman–Crippen LogP) is 6.05. The van der Waals surface area contributed by atoms with Gasteiger partial charge in [0.25, 0.3) is 0 Å². The average Bonchev–Trinajstić information content (AvgIpc) is 2.47. The van der Waals surface area contributed by atoms with Crippen LogP contribution < -0.4 is 0 Å². The number of Topliss-reactive ketones (excluding diaryl/α,β-unsaturated/α-hetero) is 1. The fourth-order valence-electron chi connectivity index (χ4n) is 4.65. The van der Waals surface area contributed by atoms with E-state index in [4.69, 9.17) is 4.43 Å². The summed E-state index contributed by atoms with van der Waals surface area (Å²) in [6, 6.07) is 0. The van der Waals surface area contributed by atoms with Crippen LogP contribution in [-0.4, -0.2) is 19.7 Å². The van der Waals surface area contributed by atoms with Crippen LogP contribution in [0.1, 0.15) is 67.2 Å². The molecule has 3 heteroatoms. The number of rotatable bonds is 8. The maximum Gasteiger partial charge on any atom is 0.202 e. The molecule has 0 unspecified atom stereocenters. The van der Waals surface area contributed by atoms with Crippen LogP contribution in [0.2, 0.25) is 16.6 Å². The van der Waals surface area contributed by atoms with Gasteiger partial charge in [0.1, 0.15) is 5.60 Å². The minimum atomic E-state index is -2.12. The summed E-state index contributed by atoms with van der Waals surface area (Å²) in [5.74, 6) is 0.273. The number of allylic oxidation sites excluding steroid dienone is 1. The van der Waals surface area contributed by atoms with E-state index >= 15 is 0 Å². The summed E-state index contributed by atoms with van der Waals surface area (Å²) in [4.78, 5) is 13.2. The molecule has 0 radical (unpaired) electrons. The van der Waals surface area contributed by atoms with Gasteiger partial charge in [0.15, 0.2) is 5.78 Å². The quantitative estimate of drug-likeness (QED) is 0.398. The van der Waals surface area contributed by atoms with Crippen molar-refractivity contribution in [3.63, 3.8) is 0 Å². The molecule has 1 saturated carbocycles. The largest absolute Gasteiger partial charge is 0.400 e. The molecule has 0 heterocycles. The van der Waals surface area contributed by atoms with Crippen LogP contribution >= 0.6 is 0 Å². The van der Waals surface area contributed by atoms with Gasteiger partial charge in [-0.3, -0.25) is 4.79 Å². The average molecular weight is 337 g/mol. The maximum absolute atomic E-state index is 13.2. The summed E-state index contributed by atoms with van der Waals surface area (Å²) in [6.07, 6.45) is 7.17. The van der Waals surface area contributed by atoms with Gasteiger partial charge in [-0.05, 0) is 42.3 Å². The van der Waals surface area contributed by atoms with Crippen molar-refractivity contribution < 1.29 is 9.22 Å². The minimum Gasteiger partial charge on any atom is -0.400 e. The highest BCUT2D eigenvalue weighted by Gasteiger charge is 2.53. The molecule has 0 aliphatic heterocycles. The van der Waals surface area contributed by atoms with Crippen LogP contribution in [0.5, 0.6) is 0 Å². The van der Waals surface area contributed by atoms with Gasteiger partial charge in [-0.25, -0.2) is 0 Å². The molecule has 2 atom stereocenters. The van der Waals surface area contributed by atoms with E-state index in [-0.39, 0.29) is 11.7 Å². The van der Waals surface area contributed by atoms with Gasteiger partial charge in [0.05, 0.1) is 0 Å². The number of carbonyl (C=O) groups is 1. The molecule has 0 amide bonds. The maximum atomic E-state index is 13.2. The summed E-state index contributed by atoms with van der Waals surface area (Å²) in [5, 5.41) is 0. The van der Waals surface area contributed by atoms with E-state index in [9.17, 15) is 4.79 Å². The van der Waals surface area contributed by atoms with Gasteiger partial charge in [-0.15, -0.1) is 6.58 Å². The van der Waals surface area contributed by atoms with E-state index in [0.717, 1.165) is 25.7 Å². The molecular formula is C20H36O2Si. The lowest BCUT2D eigenvalue weighted by molar-refractivity contribution is -0.139. The molecule has 1 aliphatic rings. The molecule has 0 spiro atoms. The van der Waals surface area contributed by atoms with Gasteiger partial charge in [0.2, 0.25) is 8.32 Å². The molecule has 0 saturated heterocycles. The second-order valence-electron chi connectivity index (χ2n) is 7.99. The zero-order chi connectivity index (χ0) is 17.8. The standard InChI is InChI=1S/C20H36O2Si/c1-9-12-18-13-11-14-20(10-2,19(18)21)22-23(15(3)4,16(5)6)17(7)8/h9-10,15-18H,1-2,11-14H2,3-8H3/t18-,20+/m0/s1. The van der Waals surface area contributed by atoms with Crippen molar-refractivity contribution in [3.05, 3.63) is 25.3 Å². The van der Waals surface area contributed by atoms with Crippen LogP contribution in [0.25, 0.3) is 0 Å². The first-order valence-electron chi connectivity index (χ1n) is 9.16. The summed E-state index contributed by atoms with van der Waals surface area (Å²) in [6.45, 7) is 21.4. The van der Waals surface area contributed by atoms with Gasteiger partial charge >= 0.3 is 0 Å². The molecule has 0 aromatic rings. The van der Waals surface area contributed by atoms with E-state index in [1.165, 1.54) is 0 Å². The third-order valence-electron chi connectivity index (χ3n) is 5.74. The molecule has 23 heavy (non-hydrogen) atoms. The van der Waals surface area contributed by atoms with Gasteiger partial charge in [-0.2, -0.15) is 0 Å². The fraction of sp³-hybridized carbons (Fsp3) is 0.750. The molecule has 1 rings (SSSR count). The Morgan fingerprint density at radius 1 is 1.17 bits per heavy atom. The predicted molar refractivity (Wildman–Crippen MR) is 102 cm³/mol. The molecule has 132 valence electrons. The first-order chi connectivity index (χ1) is 10.7. The summed E-state index contributed by atoms with van der Waals surface area (Å²) < 4.78 is 6.93. The molecule has 0 bridgehead atoms. The van der Waals surface area contributed by atoms with Crippen molar-refractivity contribution in [2.24, 2.45) is 5.92 Å². The van der Waals surface area contributed by atoms with Crippen molar-refractivity contribution >= 4 is 14.1 Å². The van der Waals surface area contributed by atoms with Crippen LogP contribution in [0.3, 0.4) is 0 Å². The van der Waals surface area contributed by atoms with E-state index in [0.29, 0.717) is 16.6 Å². The Morgan fingerprint density at radius 3 is 2.09 bits per heavy atom. The van der Waals surface area contributed by atoms with Crippen molar-refractivity contribution in [2.45, 2.75) is 89.5 Å². The molecule has 2 nitrogen and oxygen atoms in total. The Hall–Kier alpha value is -0.673. The lowest BCUT2D eigenvalue weighted by Gasteiger charge is -2.50. The van der Waals surface area contributed by atoms with Crippen LogP contribution in [0.15, 0.2) is 25.3 Å². The van der Waals surface area contributed by atoms with E-state index in [2.05, 4.69) is 54.7 Å². The third-order valence-corrected chi connectivity index (χ3v) is 11.9. The Balaban J connectivity index is 3.28. The highest BCUT2D eigenvalue weighted by atomic mass is 28.4. The Morgan fingerprint density at radius 2 is 1.70 bits per heavy atom. The first-order valence-corrected chi connectivity index (χ1v) is 11.3. The minimum absolute atomic E-state index is 0.0393. The van der Waals surface area contributed by atoms with Crippen molar-refractivity contribution in [2.75, 3.05) is 0 Å². The van der Waals surface area contributed by atoms with Crippen LogP contribution in [-0.2, 0) is 9.22 Å². The van der Waals surface area contributed by atoms with Gasteiger partial charge < -0.3 is 4.43 Å². The highest BCUT2D eigenvalue weighted by Crippen LogP contribution is 2.47. The van der Waals surface area contributed by atoms with Crippen LogP contribution in [0, 0.1) is 5.92 Å². The summed E-state index contributed by atoms with van der Waals surface area (Å²) in [7, 11) is -2.12. The van der Waals surface area contributed by atoms with E-state index in [1.807, 2.05) is 6.08 Å². The Bertz CT molecular complexity index is 417. The van der Waals surface area contributed by atoms with Gasteiger partial charge in [-0.1, -0.05) is 60.3 Å². The second-order valence-corrected chi connectivity index (χ2v) is 13.4. The van der Waals surface area contributed by atoms with Crippen molar-refractivity contribution in [3.8, 4) is 0 Å². The number of hydrogen-bond donors (Lipinski definition) is 0. The summed E-state index contributed by atoms with van der Waals surface area (Å²) in [5.41, 5.74) is 0.613. The first kappa shape index (κ1) is 20.4. The number of carbonyl (C=O) groups excluding carboxylic acids is 1. The molecule has 1 fully saturated rings. The van der Waals surface area contributed by atoms with E-state index in [1.54, 1.807) is 6.08 Å². The van der Waals surface area contributed by atoms with Crippen molar-refractivity contribution in [1.82, 2.24) is 0 Å². The zero-order valence-electron chi connectivity index (χ0n) is 16.0. The lowest BCUT2D eigenvalue weighted by atomic mass is 9.75. The van der Waals surface area contributed by atoms with Crippen LogP contribution in [0.4, 0.5) is 0 Å².